The molecule has 146 valence electrons. The predicted molar refractivity (Wildman–Crippen MR) is 112 cm³/mol. The fourth-order valence-corrected chi connectivity index (χ4v) is 4.02. The Hall–Kier alpha value is -2.80. The molecule has 0 fully saturated rings. The minimum Gasteiger partial charge on any atom is -0.487 e. The van der Waals surface area contributed by atoms with Crippen LogP contribution in [0, 0.1) is 0 Å². The molecule has 0 saturated heterocycles. The molecule has 2 aromatic heterocycles. The Morgan fingerprint density at radius 1 is 1.29 bits per heavy atom. The van der Waals surface area contributed by atoms with E-state index in [0.29, 0.717) is 12.4 Å². The van der Waals surface area contributed by atoms with E-state index in [0.717, 1.165) is 34.3 Å². The molecular weight excluding hydrogens is 372 g/mol. The second kappa shape index (κ2) is 7.67. The third kappa shape index (κ3) is 4.04. The highest BCUT2D eigenvalue weighted by molar-refractivity contribution is 7.13. The van der Waals surface area contributed by atoms with Crippen LogP contribution in [0.1, 0.15) is 37.6 Å². The number of aromatic nitrogens is 1. The number of rotatable bonds is 4. The molecule has 4 rings (SSSR count). The van der Waals surface area contributed by atoms with Crippen LogP contribution in [-0.4, -0.2) is 23.6 Å². The number of nitrogens with one attached hydrogen (secondary N) is 2. The third-order valence-electron chi connectivity index (χ3n) is 4.63. The lowest BCUT2D eigenvalue weighted by atomic mass is 9.90. The molecule has 1 aliphatic heterocycles. The van der Waals surface area contributed by atoms with Crippen molar-refractivity contribution in [2.75, 3.05) is 7.05 Å². The van der Waals surface area contributed by atoms with E-state index in [4.69, 9.17) is 9.15 Å². The minimum atomic E-state index is -0.243. The average Bonchev–Trinajstić information content (AvgIpc) is 3.35. The monoisotopic (exact) mass is 396 g/mol. The smallest absolute Gasteiger partial charge is 0.236 e. The van der Waals surface area contributed by atoms with Gasteiger partial charge in [0.25, 0.3) is 0 Å². The molecule has 1 atom stereocenters. The first-order chi connectivity index (χ1) is 13.5. The van der Waals surface area contributed by atoms with Gasteiger partial charge in [0.1, 0.15) is 17.6 Å². The summed E-state index contributed by atoms with van der Waals surface area (Å²) in [6, 6.07) is 12.3. The summed E-state index contributed by atoms with van der Waals surface area (Å²) in [5, 5.41) is 8.86. The zero-order valence-electron chi connectivity index (χ0n) is 16.2. The zero-order valence-corrected chi connectivity index (χ0v) is 17.0. The van der Waals surface area contributed by atoms with Gasteiger partial charge in [-0.15, -0.1) is 11.3 Å². The van der Waals surface area contributed by atoms with Crippen LogP contribution in [0.25, 0.3) is 10.8 Å². The molecule has 3 aromatic rings. The Balaban J connectivity index is 1.43. The van der Waals surface area contributed by atoms with Crippen LogP contribution in [0.4, 0.5) is 0 Å². The maximum absolute atomic E-state index is 6.11. The van der Waals surface area contributed by atoms with Crippen molar-refractivity contribution in [3.8, 4) is 16.5 Å². The highest BCUT2D eigenvalue weighted by atomic mass is 32.1. The molecule has 0 amide bonds. The van der Waals surface area contributed by atoms with Crippen molar-refractivity contribution >= 4 is 17.3 Å². The lowest BCUT2D eigenvalue weighted by molar-refractivity contribution is 0.0694. The first-order valence-corrected chi connectivity index (χ1v) is 10.2. The molecule has 2 N–H and O–H groups in total. The first-order valence-electron chi connectivity index (χ1n) is 9.27. The molecule has 1 aliphatic rings. The van der Waals surface area contributed by atoms with Gasteiger partial charge in [-0.2, -0.15) is 0 Å². The highest BCUT2D eigenvalue weighted by Crippen LogP contribution is 2.39. The number of hydrogen-bond donors (Lipinski definition) is 2. The van der Waals surface area contributed by atoms with E-state index >= 15 is 0 Å². The molecule has 0 spiro atoms. The largest absolute Gasteiger partial charge is 0.487 e. The Bertz CT molecular complexity index is 962. The molecule has 1 aromatic carbocycles. The summed E-state index contributed by atoms with van der Waals surface area (Å²) < 4.78 is 11.7. The van der Waals surface area contributed by atoms with Gasteiger partial charge < -0.3 is 19.8 Å². The number of guanidine groups is 1. The van der Waals surface area contributed by atoms with Crippen LogP contribution in [0.3, 0.4) is 0 Å². The Kier molecular flexibility index (Phi) is 5.09. The number of nitrogens with zero attached hydrogens (tertiary/aromatic N) is 2. The summed E-state index contributed by atoms with van der Waals surface area (Å²) in [4.78, 5) is 9.94. The van der Waals surface area contributed by atoms with Gasteiger partial charge in [0.2, 0.25) is 5.89 Å². The maximum Gasteiger partial charge on any atom is 0.236 e. The number of ether oxygens (including phenoxy) is 1. The second-order valence-electron chi connectivity index (χ2n) is 7.35. The number of aliphatic imine (C=N–C) groups is 1. The standard InChI is InChI=1S/C21H24N4O2S/c1-21(2)11-16(15-7-4-5-8-17(15)27-21)25-20(22-3)23-12-14-13-26-19(24-14)18-9-6-10-28-18/h4-10,13,16H,11-12H2,1-3H3,(H2,22,23,25). The van der Waals surface area contributed by atoms with E-state index in [1.165, 1.54) is 0 Å². The van der Waals surface area contributed by atoms with Crippen LogP contribution in [0.5, 0.6) is 5.75 Å². The Morgan fingerprint density at radius 2 is 2.14 bits per heavy atom. The van der Waals surface area contributed by atoms with Crippen molar-refractivity contribution in [3.05, 3.63) is 59.3 Å². The third-order valence-corrected chi connectivity index (χ3v) is 5.49. The van der Waals surface area contributed by atoms with E-state index in [-0.39, 0.29) is 11.6 Å². The normalized spacial score (nSPS) is 18.2. The first kappa shape index (κ1) is 18.6. The molecule has 0 bridgehead atoms. The summed E-state index contributed by atoms with van der Waals surface area (Å²) in [5.74, 6) is 2.29. The van der Waals surface area contributed by atoms with Gasteiger partial charge in [0.15, 0.2) is 5.96 Å². The molecule has 1 unspecified atom stereocenters. The van der Waals surface area contributed by atoms with E-state index in [2.05, 4.69) is 40.5 Å². The number of hydrogen-bond acceptors (Lipinski definition) is 5. The quantitative estimate of drug-likeness (QED) is 0.506. The number of oxazole rings is 1. The summed E-state index contributed by atoms with van der Waals surface area (Å²) in [6.45, 7) is 4.74. The van der Waals surface area contributed by atoms with Gasteiger partial charge in [0, 0.05) is 19.0 Å². The van der Waals surface area contributed by atoms with Crippen LogP contribution in [-0.2, 0) is 6.54 Å². The van der Waals surface area contributed by atoms with Gasteiger partial charge in [-0.25, -0.2) is 4.98 Å². The molecular formula is C21H24N4O2S. The van der Waals surface area contributed by atoms with Crippen LogP contribution in [0.15, 0.2) is 57.5 Å². The van der Waals surface area contributed by atoms with Crippen molar-refractivity contribution < 1.29 is 9.15 Å². The number of para-hydroxylation sites is 1. The highest BCUT2D eigenvalue weighted by Gasteiger charge is 2.33. The Morgan fingerprint density at radius 3 is 2.93 bits per heavy atom. The fraction of sp³-hybridized carbons (Fsp3) is 0.333. The summed E-state index contributed by atoms with van der Waals surface area (Å²) in [5.41, 5.74) is 1.73. The second-order valence-corrected chi connectivity index (χ2v) is 8.30. The topological polar surface area (TPSA) is 71.7 Å². The molecule has 0 radical (unpaired) electrons. The van der Waals surface area contributed by atoms with Gasteiger partial charge in [-0.05, 0) is 31.4 Å². The zero-order chi connectivity index (χ0) is 19.6. The molecule has 0 aliphatic carbocycles. The molecule has 7 heteroatoms. The van der Waals surface area contributed by atoms with Gasteiger partial charge >= 0.3 is 0 Å². The van der Waals surface area contributed by atoms with Gasteiger partial charge in [-0.1, -0.05) is 24.3 Å². The molecule has 28 heavy (non-hydrogen) atoms. The van der Waals surface area contributed by atoms with Crippen LogP contribution in [0.2, 0.25) is 0 Å². The van der Waals surface area contributed by atoms with Gasteiger partial charge in [-0.3, -0.25) is 4.99 Å². The SMILES string of the molecule is CN=C(NCc1coc(-c2cccs2)n1)NC1CC(C)(C)Oc2ccccc21. The maximum atomic E-state index is 6.11. The van der Waals surface area contributed by atoms with Crippen LogP contribution < -0.4 is 15.4 Å². The van der Waals surface area contributed by atoms with Gasteiger partial charge in [0.05, 0.1) is 23.2 Å². The average molecular weight is 397 g/mol. The molecule has 0 saturated carbocycles. The van der Waals surface area contributed by atoms with E-state index in [9.17, 15) is 0 Å². The lowest BCUT2D eigenvalue weighted by Crippen LogP contribution is -2.45. The van der Waals surface area contributed by atoms with Crippen molar-refractivity contribution in [2.24, 2.45) is 4.99 Å². The molecule has 6 nitrogen and oxygen atoms in total. The number of fused-ring (bicyclic) bond motifs is 1. The predicted octanol–water partition coefficient (Wildman–Crippen LogP) is 4.37. The summed E-state index contributed by atoms with van der Waals surface area (Å²) in [6.07, 6.45) is 2.53. The minimum absolute atomic E-state index is 0.116. The summed E-state index contributed by atoms with van der Waals surface area (Å²) in [7, 11) is 1.77. The van der Waals surface area contributed by atoms with Crippen molar-refractivity contribution in [1.29, 1.82) is 0 Å². The number of thiophene rings is 1. The van der Waals surface area contributed by atoms with E-state index in [1.54, 1.807) is 24.6 Å². The Labute approximate surface area is 168 Å². The van der Waals surface area contributed by atoms with Crippen LogP contribution >= 0.6 is 11.3 Å². The lowest BCUT2D eigenvalue weighted by Gasteiger charge is -2.38. The summed E-state index contributed by atoms with van der Waals surface area (Å²) >= 11 is 1.61. The number of benzene rings is 1. The van der Waals surface area contributed by atoms with Crippen molar-refractivity contribution in [3.63, 3.8) is 0 Å². The van der Waals surface area contributed by atoms with E-state index < -0.39 is 0 Å². The molecule has 3 heterocycles. The van der Waals surface area contributed by atoms with Crippen molar-refractivity contribution in [1.82, 2.24) is 15.6 Å². The van der Waals surface area contributed by atoms with Crippen molar-refractivity contribution in [2.45, 2.75) is 38.5 Å². The van der Waals surface area contributed by atoms with E-state index in [1.807, 2.05) is 35.7 Å². The fourth-order valence-electron chi connectivity index (χ4n) is 3.37.